The second-order valence-corrected chi connectivity index (χ2v) is 4.89. The Bertz CT molecular complexity index is 787. The summed E-state index contributed by atoms with van der Waals surface area (Å²) in [4.78, 5) is 11.9. The largest absolute Gasteiger partial charge is 0.459 e. The van der Waals surface area contributed by atoms with E-state index in [0.29, 0.717) is 17.2 Å². The van der Waals surface area contributed by atoms with Gasteiger partial charge < -0.3 is 19.3 Å². The summed E-state index contributed by atoms with van der Waals surface area (Å²) in [6, 6.07) is 12.3. The minimum absolute atomic E-state index is 0.129. The van der Waals surface area contributed by atoms with Gasteiger partial charge >= 0.3 is 0 Å². The van der Waals surface area contributed by atoms with Crippen molar-refractivity contribution >= 4 is 11.6 Å². The van der Waals surface area contributed by atoms with E-state index < -0.39 is 0 Å². The van der Waals surface area contributed by atoms with E-state index in [1.807, 2.05) is 25.1 Å². The van der Waals surface area contributed by atoms with E-state index in [1.54, 1.807) is 24.3 Å². The van der Waals surface area contributed by atoms with Crippen molar-refractivity contribution in [1.82, 2.24) is 0 Å². The number of aliphatic hydroxyl groups excluding tert-OH is 1. The third-order valence-electron chi connectivity index (χ3n) is 3.31. The van der Waals surface area contributed by atoms with Crippen molar-refractivity contribution in [2.45, 2.75) is 13.5 Å². The molecular weight excluding hydrogens is 282 g/mol. The number of hydrogen-bond acceptors (Lipinski definition) is 4. The first-order valence-corrected chi connectivity index (χ1v) is 6.83. The van der Waals surface area contributed by atoms with Gasteiger partial charge in [0.05, 0.1) is 6.26 Å². The quantitative estimate of drug-likeness (QED) is 0.771. The lowest BCUT2D eigenvalue weighted by Gasteiger charge is -2.07. The summed E-state index contributed by atoms with van der Waals surface area (Å²) in [5.41, 5.74) is 2.54. The van der Waals surface area contributed by atoms with Crippen LogP contribution < -0.4 is 5.32 Å². The van der Waals surface area contributed by atoms with Crippen molar-refractivity contribution in [3.63, 3.8) is 0 Å². The number of carbonyl (C=O) groups excluding carboxylic acids is 1. The van der Waals surface area contributed by atoms with Crippen LogP contribution in [-0.2, 0) is 6.61 Å². The van der Waals surface area contributed by atoms with Gasteiger partial charge in [0, 0.05) is 11.3 Å². The van der Waals surface area contributed by atoms with E-state index in [1.165, 1.54) is 6.26 Å². The number of carbonyl (C=O) groups is 1. The van der Waals surface area contributed by atoms with Crippen LogP contribution >= 0.6 is 0 Å². The Kier molecular flexibility index (Phi) is 3.80. The summed E-state index contributed by atoms with van der Waals surface area (Å²) < 4.78 is 10.6. The van der Waals surface area contributed by atoms with Crippen LogP contribution in [0.15, 0.2) is 57.6 Å². The molecule has 0 unspecified atom stereocenters. The molecule has 1 amide bonds. The van der Waals surface area contributed by atoms with Crippen LogP contribution in [0, 0.1) is 6.92 Å². The maximum absolute atomic E-state index is 11.9. The third kappa shape index (κ3) is 2.80. The van der Waals surface area contributed by atoms with Gasteiger partial charge in [-0.1, -0.05) is 0 Å². The highest BCUT2D eigenvalue weighted by Crippen LogP contribution is 2.28. The van der Waals surface area contributed by atoms with Gasteiger partial charge in [-0.3, -0.25) is 4.79 Å². The Morgan fingerprint density at radius 2 is 2.09 bits per heavy atom. The van der Waals surface area contributed by atoms with Crippen LogP contribution in [-0.4, -0.2) is 11.0 Å². The highest BCUT2D eigenvalue weighted by Gasteiger charge is 2.11. The molecule has 2 N–H and O–H groups in total. The maximum Gasteiger partial charge on any atom is 0.291 e. The molecule has 0 atom stereocenters. The molecular formula is C17H15NO4. The Labute approximate surface area is 127 Å². The smallest absolute Gasteiger partial charge is 0.291 e. The molecule has 2 heterocycles. The Morgan fingerprint density at radius 1 is 1.23 bits per heavy atom. The molecule has 0 spiro atoms. The molecule has 3 rings (SSSR count). The number of benzene rings is 1. The number of anilines is 1. The first-order chi connectivity index (χ1) is 10.7. The molecule has 0 radical (unpaired) electrons. The van der Waals surface area contributed by atoms with Crippen LogP contribution in [0.5, 0.6) is 0 Å². The molecule has 5 heteroatoms. The molecule has 0 saturated carbocycles. The molecule has 1 aromatic carbocycles. The fraction of sp³-hybridized carbons (Fsp3) is 0.118. The number of hydrogen-bond donors (Lipinski definition) is 2. The number of aryl methyl sites for hydroxylation is 1. The molecule has 0 aliphatic rings. The zero-order valence-corrected chi connectivity index (χ0v) is 12.0. The lowest BCUT2D eigenvalue weighted by molar-refractivity contribution is 0.0996. The molecule has 0 aliphatic carbocycles. The number of aliphatic hydroxyl groups is 1. The molecule has 0 fully saturated rings. The molecule has 0 bridgehead atoms. The maximum atomic E-state index is 11.9. The summed E-state index contributed by atoms with van der Waals surface area (Å²) >= 11 is 0. The number of rotatable bonds is 4. The van der Waals surface area contributed by atoms with Gasteiger partial charge in [-0.15, -0.1) is 0 Å². The topological polar surface area (TPSA) is 75.6 Å². The van der Waals surface area contributed by atoms with Gasteiger partial charge in [-0.05, 0) is 55.0 Å². The zero-order valence-electron chi connectivity index (χ0n) is 12.0. The zero-order chi connectivity index (χ0) is 15.5. The molecule has 112 valence electrons. The van der Waals surface area contributed by atoms with Crippen molar-refractivity contribution in [3.8, 4) is 11.3 Å². The highest BCUT2D eigenvalue weighted by atomic mass is 16.4. The van der Waals surface area contributed by atoms with E-state index >= 15 is 0 Å². The van der Waals surface area contributed by atoms with Crippen LogP contribution in [0.1, 0.15) is 21.9 Å². The molecule has 2 aromatic heterocycles. The Morgan fingerprint density at radius 3 is 2.73 bits per heavy atom. The molecule has 22 heavy (non-hydrogen) atoms. The van der Waals surface area contributed by atoms with E-state index in [4.69, 9.17) is 13.9 Å². The van der Waals surface area contributed by atoms with E-state index in [0.717, 1.165) is 11.1 Å². The van der Waals surface area contributed by atoms with Gasteiger partial charge in [-0.25, -0.2) is 0 Å². The average molecular weight is 297 g/mol. The molecule has 0 saturated heterocycles. The second-order valence-electron chi connectivity index (χ2n) is 4.89. The minimum atomic E-state index is -0.294. The lowest BCUT2D eigenvalue weighted by Crippen LogP contribution is -2.10. The first kappa shape index (κ1) is 14.2. The number of nitrogens with one attached hydrogen (secondary N) is 1. The van der Waals surface area contributed by atoms with Crippen molar-refractivity contribution < 1.29 is 18.7 Å². The number of furan rings is 2. The van der Waals surface area contributed by atoms with Gasteiger partial charge in [0.15, 0.2) is 5.76 Å². The monoisotopic (exact) mass is 297 g/mol. The summed E-state index contributed by atoms with van der Waals surface area (Å²) in [7, 11) is 0. The van der Waals surface area contributed by atoms with Crippen LogP contribution in [0.2, 0.25) is 0 Å². The Hall–Kier alpha value is -2.79. The fourth-order valence-electron chi connectivity index (χ4n) is 2.23. The minimum Gasteiger partial charge on any atom is -0.459 e. The summed E-state index contributed by atoms with van der Waals surface area (Å²) in [6.45, 7) is 1.80. The molecule has 3 aromatic rings. The predicted molar refractivity (Wildman–Crippen MR) is 81.5 cm³/mol. The summed E-state index contributed by atoms with van der Waals surface area (Å²) in [5, 5.41) is 11.8. The second kappa shape index (κ2) is 5.91. The first-order valence-electron chi connectivity index (χ1n) is 6.83. The molecule has 5 nitrogen and oxygen atoms in total. The standard InChI is InChI=1S/C17H15NO4/c1-11-9-12(18-17(20)16-3-2-8-21-16)4-6-14(11)15-7-5-13(10-19)22-15/h2-9,19H,10H2,1H3,(H,18,20). The SMILES string of the molecule is Cc1cc(NC(=O)c2ccco2)ccc1-c1ccc(CO)o1. The van der Waals surface area contributed by atoms with Crippen LogP contribution in [0.25, 0.3) is 11.3 Å². The van der Waals surface area contributed by atoms with Gasteiger partial charge in [0.25, 0.3) is 5.91 Å². The van der Waals surface area contributed by atoms with Gasteiger partial charge in [0.2, 0.25) is 0 Å². The van der Waals surface area contributed by atoms with E-state index in [2.05, 4.69) is 5.32 Å². The lowest BCUT2D eigenvalue weighted by atomic mass is 10.1. The summed E-state index contributed by atoms with van der Waals surface area (Å²) in [5.74, 6) is 1.17. The highest BCUT2D eigenvalue weighted by molar-refractivity contribution is 6.02. The predicted octanol–water partition coefficient (Wildman–Crippen LogP) is 3.59. The third-order valence-corrected chi connectivity index (χ3v) is 3.31. The van der Waals surface area contributed by atoms with Gasteiger partial charge in [-0.2, -0.15) is 0 Å². The fourth-order valence-corrected chi connectivity index (χ4v) is 2.23. The normalized spacial score (nSPS) is 10.6. The van der Waals surface area contributed by atoms with Gasteiger partial charge in [0.1, 0.15) is 18.1 Å². The number of amides is 1. The summed E-state index contributed by atoms with van der Waals surface area (Å²) in [6.07, 6.45) is 1.46. The van der Waals surface area contributed by atoms with E-state index in [9.17, 15) is 4.79 Å². The molecule has 0 aliphatic heterocycles. The van der Waals surface area contributed by atoms with Crippen molar-refractivity contribution in [3.05, 3.63) is 65.8 Å². The Balaban J connectivity index is 1.81. The average Bonchev–Trinajstić information content (AvgIpc) is 3.19. The van der Waals surface area contributed by atoms with Crippen molar-refractivity contribution in [2.24, 2.45) is 0 Å². The van der Waals surface area contributed by atoms with Crippen LogP contribution in [0.3, 0.4) is 0 Å². The van der Waals surface area contributed by atoms with E-state index in [-0.39, 0.29) is 18.3 Å². The van der Waals surface area contributed by atoms with Crippen LogP contribution in [0.4, 0.5) is 5.69 Å². The van der Waals surface area contributed by atoms with Crippen molar-refractivity contribution in [1.29, 1.82) is 0 Å². The van der Waals surface area contributed by atoms with Crippen molar-refractivity contribution in [2.75, 3.05) is 5.32 Å².